The van der Waals surface area contributed by atoms with Gasteiger partial charge in [0.05, 0.1) is 29.4 Å². The highest BCUT2D eigenvalue weighted by atomic mass is 35.5. The fourth-order valence-corrected chi connectivity index (χ4v) is 4.86. The molecule has 0 aliphatic carbocycles. The zero-order chi connectivity index (χ0) is 24.1. The highest BCUT2D eigenvalue weighted by Crippen LogP contribution is 2.28. The van der Waals surface area contributed by atoms with Crippen molar-refractivity contribution in [3.8, 4) is 0 Å². The highest BCUT2D eigenvalue weighted by molar-refractivity contribution is 7.94. The SMILES string of the molecule is O=C(O)C(F)(F)F.O=C(O)c1cc(NS(=O)(=O)c2ccc(Cl)s2)cnc1N1CCOCC1. The number of aromatic carboxylic acids is 1. The maximum atomic E-state index is 12.3. The van der Waals surface area contributed by atoms with Crippen LogP contribution in [0.25, 0.3) is 0 Å². The Balaban J connectivity index is 0.000000451. The first-order valence-electron chi connectivity index (χ1n) is 8.45. The molecule has 0 aromatic carbocycles. The van der Waals surface area contributed by atoms with Gasteiger partial charge in [0.15, 0.2) is 0 Å². The Kier molecular flexibility index (Phi) is 8.28. The van der Waals surface area contributed by atoms with E-state index < -0.39 is 28.1 Å². The van der Waals surface area contributed by atoms with Crippen LogP contribution in [0.2, 0.25) is 4.34 Å². The third kappa shape index (κ3) is 6.94. The number of hydrogen-bond donors (Lipinski definition) is 3. The minimum atomic E-state index is -5.08. The lowest BCUT2D eigenvalue weighted by Gasteiger charge is -2.28. The number of anilines is 2. The molecule has 176 valence electrons. The number of hydrogen-bond acceptors (Lipinski definition) is 8. The summed E-state index contributed by atoms with van der Waals surface area (Å²) in [4.78, 5) is 26.4. The summed E-state index contributed by atoms with van der Waals surface area (Å²) in [5, 5.41) is 16.6. The van der Waals surface area contributed by atoms with Gasteiger partial charge in [-0.15, -0.1) is 11.3 Å². The predicted molar refractivity (Wildman–Crippen MR) is 108 cm³/mol. The molecule has 3 heterocycles. The van der Waals surface area contributed by atoms with E-state index in [0.717, 1.165) is 11.3 Å². The summed E-state index contributed by atoms with van der Waals surface area (Å²) in [5.74, 6) is -3.65. The van der Waals surface area contributed by atoms with Crippen molar-refractivity contribution >= 4 is 56.4 Å². The van der Waals surface area contributed by atoms with Crippen LogP contribution in [0.3, 0.4) is 0 Å². The van der Waals surface area contributed by atoms with Crippen LogP contribution < -0.4 is 9.62 Å². The second-order valence-electron chi connectivity index (χ2n) is 5.97. The van der Waals surface area contributed by atoms with E-state index in [1.165, 1.54) is 24.4 Å². The number of thiophene rings is 1. The van der Waals surface area contributed by atoms with Crippen molar-refractivity contribution in [2.75, 3.05) is 35.9 Å². The first-order valence-corrected chi connectivity index (χ1v) is 11.1. The zero-order valence-corrected chi connectivity index (χ0v) is 18.2. The lowest BCUT2D eigenvalue weighted by atomic mass is 10.2. The molecule has 0 spiro atoms. The van der Waals surface area contributed by atoms with Crippen LogP contribution in [0, 0.1) is 0 Å². The lowest BCUT2D eigenvalue weighted by Crippen LogP contribution is -2.37. The Morgan fingerprint density at radius 2 is 1.81 bits per heavy atom. The number of aromatic nitrogens is 1. The van der Waals surface area contributed by atoms with Gasteiger partial charge in [0, 0.05) is 13.1 Å². The van der Waals surface area contributed by atoms with E-state index in [-0.39, 0.29) is 21.3 Å². The van der Waals surface area contributed by atoms with Gasteiger partial charge < -0.3 is 19.8 Å². The van der Waals surface area contributed by atoms with Gasteiger partial charge in [0.25, 0.3) is 10.0 Å². The molecule has 3 rings (SSSR count). The Hall–Kier alpha value is -2.62. The van der Waals surface area contributed by atoms with E-state index in [2.05, 4.69) is 9.71 Å². The number of nitrogens with zero attached hydrogens (tertiary/aromatic N) is 2. The number of halogens is 4. The number of aliphatic carboxylic acids is 1. The fraction of sp³-hybridized carbons (Fsp3) is 0.312. The first kappa shape index (κ1) is 25.6. The van der Waals surface area contributed by atoms with Crippen LogP contribution in [0.15, 0.2) is 28.6 Å². The van der Waals surface area contributed by atoms with Gasteiger partial charge >= 0.3 is 18.1 Å². The smallest absolute Gasteiger partial charge is 0.478 e. The van der Waals surface area contributed by atoms with Crippen molar-refractivity contribution < 1.29 is 46.1 Å². The molecule has 2 aromatic heterocycles. The largest absolute Gasteiger partial charge is 0.490 e. The maximum Gasteiger partial charge on any atom is 0.490 e. The number of carbonyl (C=O) groups is 2. The number of carboxylic acids is 2. The topological polar surface area (TPSA) is 146 Å². The normalized spacial score (nSPS) is 14.3. The molecule has 0 unspecified atom stereocenters. The van der Waals surface area contributed by atoms with E-state index in [9.17, 15) is 31.5 Å². The summed E-state index contributed by atoms with van der Waals surface area (Å²) in [7, 11) is -3.86. The third-order valence-corrected chi connectivity index (χ3v) is 6.82. The monoisotopic (exact) mass is 517 g/mol. The Morgan fingerprint density at radius 1 is 1.22 bits per heavy atom. The number of nitrogens with one attached hydrogen (secondary N) is 1. The van der Waals surface area contributed by atoms with E-state index in [1.807, 2.05) is 0 Å². The average molecular weight is 518 g/mol. The van der Waals surface area contributed by atoms with Gasteiger partial charge in [-0.2, -0.15) is 13.2 Å². The van der Waals surface area contributed by atoms with Gasteiger partial charge in [0.2, 0.25) is 0 Å². The molecular formula is C16H15ClF3N3O7S2. The van der Waals surface area contributed by atoms with Crippen LogP contribution in [-0.4, -0.2) is 68.0 Å². The van der Waals surface area contributed by atoms with Crippen molar-refractivity contribution in [3.05, 3.63) is 34.3 Å². The molecule has 0 atom stereocenters. The van der Waals surface area contributed by atoms with Crippen LogP contribution in [0.1, 0.15) is 10.4 Å². The van der Waals surface area contributed by atoms with Crippen molar-refractivity contribution in [1.29, 1.82) is 0 Å². The average Bonchev–Trinajstić information content (AvgIpc) is 3.15. The number of carboxylic acid groups (broad SMARTS) is 2. The second kappa shape index (κ2) is 10.3. The van der Waals surface area contributed by atoms with Gasteiger partial charge in [-0.25, -0.2) is 23.0 Å². The number of ether oxygens (including phenoxy) is 1. The molecule has 1 saturated heterocycles. The summed E-state index contributed by atoms with van der Waals surface area (Å²) in [6.45, 7) is 2.00. The summed E-state index contributed by atoms with van der Waals surface area (Å²) >= 11 is 6.67. The maximum absolute atomic E-state index is 12.3. The quantitative estimate of drug-likeness (QED) is 0.544. The van der Waals surface area contributed by atoms with Crippen molar-refractivity contribution in [2.24, 2.45) is 0 Å². The molecular weight excluding hydrogens is 503 g/mol. The summed E-state index contributed by atoms with van der Waals surface area (Å²) in [5.41, 5.74) is -0.00903. The Bertz CT molecular complexity index is 1090. The number of rotatable bonds is 5. The molecule has 16 heteroatoms. The van der Waals surface area contributed by atoms with Gasteiger partial charge in [-0.05, 0) is 18.2 Å². The summed E-state index contributed by atoms with van der Waals surface area (Å²) in [6.07, 6.45) is -3.79. The molecule has 3 N–H and O–H groups in total. The number of pyridine rings is 1. The van der Waals surface area contributed by atoms with E-state index >= 15 is 0 Å². The lowest BCUT2D eigenvalue weighted by molar-refractivity contribution is -0.192. The van der Waals surface area contributed by atoms with Gasteiger partial charge in [-0.1, -0.05) is 11.6 Å². The van der Waals surface area contributed by atoms with Gasteiger partial charge in [0.1, 0.15) is 15.6 Å². The van der Waals surface area contributed by atoms with E-state index in [1.54, 1.807) is 4.90 Å². The van der Waals surface area contributed by atoms with Crippen LogP contribution in [0.5, 0.6) is 0 Å². The van der Waals surface area contributed by atoms with Crippen LogP contribution in [-0.2, 0) is 19.6 Å². The zero-order valence-electron chi connectivity index (χ0n) is 15.8. The van der Waals surface area contributed by atoms with Crippen LogP contribution >= 0.6 is 22.9 Å². The Labute approximate surface area is 188 Å². The van der Waals surface area contributed by atoms with Gasteiger partial charge in [-0.3, -0.25) is 4.72 Å². The van der Waals surface area contributed by atoms with Crippen LogP contribution in [0.4, 0.5) is 24.7 Å². The molecule has 1 fully saturated rings. The molecule has 0 saturated carbocycles. The highest BCUT2D eigenvalue weighted by Gasteiger charge is 2.38. The summed E-state index contributed by atoms with van der Waals surface area (Å²) < 4.78 is 64.3. The molecule has 32 heavy (non-hydrogen) atoms. The Morgan fingerprint density at radius 3 is 2.28 bits per heavy atom. The molecule has 2 aromatic rings. The number of sulfonamides is 1. The van der Waals surface area contributed by atoms with Crippen molar-refractivity contribution in [3.63, 3.8) is 0 Å². The molecule has 0 amide bonds. The second-order valence-corrected chi connectivity index (χ2v) is 9.59. The first-order chi connectivity index (χ1) is 14.8. The van der Waals surface area contributed by atoms with Crippen molar-refractivity contribution in [2.45, 2.75) is 10.4 Å². The minimum absolute atomic E-state index is 0.0339. The molecule has 10 nitrogen and oxygen atoms in total. The van der Waals surface area contributed by atoms with Crippen molar-refractivity contribution in [1.82, 2.24) is 4.98 Å². The summed E-state index contributed by atoms with van der Waals surface area (Å²) in [6, 6.07) is 4.11. The molecule has 1 aliphatic heterocycles. The van der Waals surface area contributed by atoms with E-state index in [4.69, 9.17) is 26.2 Å². The predicted octanol–water partition coefficient (Wildman–Crippen LogP) is 2.77. The number of morpholine rings is 1. The molecule has 0 bridgehead atoms. The minimum Gasteiger partial charge on any atom is -0.478 e. The van der Waals surface area contributed by atoms with E-state index in [0.29, 0.717) is 30.6 Å². The number of alkyl halides is 3. The fourth-order valence-electron chi connectivity index (χ4n) is 2.35. The standard InChI is InChI=1S/C14H14ClN3O5S2.C2HF3O2/c15-11-1-2-12(24-11)25(21,22)17-9-7-10(14(19)20)13(16-8-9)18-3-5-23-6-4-18;3-2(4,5)1(6)7/h1-2,7-8,17H,3-6H2,(H,19,20);(H,6,7). The third-order valence-electron chi connectivity index (χ3n) is 3.72. The molecule has 1 aliphatic rings. The molecule has 0 radical (unpaired) electrons.